The predicted molar refractivity (Wildman–Crippen MR) is 180 cm³/mol. The van der Waals surface area contributed by atoms with Crippen molar-refractivity contribution in [2.45, 2.75) is 78.9 Å². The van der Waals surface area contributed by atoms with Gasteiger partial charge in [0.2, 0.25) is 0 Å². The number of halogens is 1. The number of benzene rings is 1. The first-order valence-electron chi connectivity index (χ1n) is 14.1. The Morgan fingerprint density at radius 3 is 2.44 bits per heavy atom. The molecule has 1 aliphatic carbocycles. The Morgan fingerprint density at radius 1 is 1.24 bits per heavy atom. The second-order valence-corrected chi connectivity index (χ2v) is 9.30. The molecule has 0 heterocycles. The third kappa shape index (κ3) is 26.1. The van der Waals surface area contributed by atoms with Crippen LogP contribution >= 0.6 is 11.8 Å². The van der Waals surface area contributed by atoms with Gasteiger partial charge in [-0.2, -0.15) is 0 Å². The lowest BCUT2D eigenvalue weighted by atomic mass is 10.1. The van der Waals surface area contributed by atoms with Crippen LogP contribution in [-0.4, -0.2) is 54.5 Å². The van der Waals surface area contributed by atoms with Crippen LogP contribution in [-0.2, 0) is 17.9 Å². The van der Waals surface area contributed by atoms with Crippen LogP contribution in [0.15, 0.2) is 77.4 Å². The van der Waals surface area contributed by atoms with Gasteiger partial charge in [0.05, 0.1) is 12.3 Å². The number of likely N-dealkylation sites (N-methyl/N-ethyl adjacent to an activating group) is 1. The molecule has 0 amide bonds. The average Bonchev–Trinajstić information content (AvgIpc) is 3.01. The summed E-state index contributed by atoms with van der Waals surface area (Å²) in [5, 5.41) is 24.6. The first kappa shape index (κ1) is 42.9. The van der Waals surface area contributed by atoms with Crippen molar-refractivity contribution in [2.75, 3.05) is 25.3 Å². The topological polar surface area (TPSA) is 112 Å². The van der Waals surface area contributed by atoms with E-state index in [0.29, 0.717) is 18.2 Å². The molecule has 0 saturated heterocycles. The zero-order chi connectivity index (χ0) is 31.7. The summed E-state index contributed by atoms with van der Waals surface area (Å²) < 4.78 is 12.2. The van der Waals surface area contributed by atoms with Crippen molar-refractivity contribution >= 4 is 30.4 Å². The molecule has 0 saturated carbocycles. The molecule has 1 unspecified atom stereocenters. The molecule has 5 N–H and O–H groups in total. The van der Waals surface area contributed by atoms with Gasteiger partial charge in [-0.25, -0.2) is 4.39 Å². The van der Waals surface area contributed by atoms with E-state index in [0.717, 1.165) is 60.5 Å². The smallest absolute Gasteiger partial charge is 0.128 e. The molecule has 7 nitrogen and oxygen atoms in total. The molecule has 0 bridgehead atoms. The first-order chi connectivity index (χ1) is 19.9. The van der Waals surface area contributed by atoms with E-state index in [1.165, 1.54) is 6.08 Å². The molecule has 0 aliphatic heterocycles. The minimum absolute atomic E-state index is 0.0319. The molecule has 1 aromatic rings. The summed E-state index contributed by atoms with van der Waals surface area (Å²) in [6, 6.07) is 6.16. The second-order valence-electron chi connectivity index (χ2n) is 7.98. The number of thioether (sulfide) groups is 1. The third-order valence-corrected chi connectivity index (χ3v) is 5.77. The maximum atomic E-state index is 12.2. The highest BCUT2D eigenvalue weighted by atomic mass is 32.2. The molecule has 1 aliphatic rings. The fourth-order valence-electron chi connectivity index (χ4n) is 3.00. The number of rotatable bonds is 14. The van der Waals surface area contributed by atoms with E-state index < -0.39 is 0 Å². The van der Waals surface area contributed by atoms with Gasteiger partial charge in [-0.1, -0.05) is 50.6 Å². The number of unbranched alkanes of at least 4 members (excludes halogenated alkanes) is 3. The molecule has 1 atom stereocenters. The lowest BCUT2D eigenvalue weighted by molar-refractivity contribution is 0.232. The molecule has 1 aromatic carbocycles. The zero-order valence-electron chi connectivity index (χ0n) is 25.9. The number of aliphatic imine (C=N–C) groups is 1. The maximum Gasteiger partial charge on any atom is 0.128 e. The van der Waals surface area contributed by atoms with Crippen LogP contribution in [0.1, 0.15) is 70.9 Å². The van der Waals surface area contributed by atoms with E-state index in [9.17, 15) is 9.50 Å². The van der Waals surface area contributed by atoms with Crippen molar-refractivity contribution in [3.05, 3.63) is 78.4 Å². The van der Waals surface area contributed by atoms with Gasteiger partial charge >= 0.3 is 0 Å². The lowest BCUT2D eigenvalue weighted by Crippen LogP contribution is -2.22. The highest BCUT2D eigenvalue weighted by Crippen LogP contribution is 2.22. The highest BCUT2D eigenvalue weighted by molar-refractivity contribution is 7.99. The van der Waals surface area contributed by atoms with E-state index in [1.54, 1.807) is 17.8 Å². The third-order valence-electron chi connectivity index (χ3n) is 5.12. The van der Waals surface area contributed by atoms with Crippen LogP contribution in [0.3, 0.4) is 0 Å². The Kier molecular flexibility index (Phi) is 35.2. The molecule has 41 heavy (non-hydrogen) atoms. The molecule has 0 aromatic heterocycles. The molecule has 0 radical (unpaired) electrons. The molecule has 9 heteroatoms. The molecule has 234 valence electrons. The van der Waals surface area contributed by atoms with E-state index in [1.807, 2.05) is 64.4 Å². The van der Waals surface area contributed by atoms with Gasteiger partial charge in [0.15, 0.2) is 0 Å². The number of hydrogen-bond donors (Lipinski definition) is 4. The Bertz CT molecular complexity index is 874. The van der Waals surface area contributed by atoms with E-state index in [-0.39, 0.29) is 19.0 Å². The molecular weight excluding hydrogens is 539 g/mol. The fourth-order valence-corrected chi connectivity index (χ4v) is 3.24. The zero-order valence-corrected chi connectivity index (χ0v) is 26.8. The number of nitrogens with zero attached hydrogens (tertiary/aromatic N) is 2. The van der Waals surface area contributed by atoms with Crippen LogP contribution in [0, 0.1) is 0 Å². The fraction of sp³-hybridized carbons (Fsp3) is 0.500. The molecule has 2 rings (SSSR count). The Hall–Kier alpha value is -2.56. The van der Waals surface area contributed by atoms with Crippen LogP contribution in [0.2, 0.25) is 0 Å². The SMILES string of the molecule is C=C.C=NO/C(C)=C\Cc1ccc(CO)c(N=CCCCCCO)c1.CC.CCSCN.CNC1C=CC(F)=CC1. The average molecular weight is 595 g/mol. The van der Waals surface area contributed by atoms with Crippen LogP contribution in [0.25, 0.3) is 0 Å². The minimum atomic E-state index is -0.124. The number of oxime groups is 1. The standard InChI is InChI=1S/C18H26N2O3.C7H10FN.C3H9NS.C2H6.C2H4/c1-15(23-19-2)7-8-16-9-10-17(14-22)18(13-16)20-11-5-3-4-6-12-21;1-9-7-4-2-6(8)3-5-7;1-2-5-3-4;2*1-2/h7,9-11,13,21-22H,2-6,8,12,14H2,1H3;2-4,7,9H,5H2,1H3;2-4H2,1H3;1-2H3;1-2H2/b15-7-,20-11?;;;;. The number of aliphatic hydroxyl groups excluding tert-OH is 2. The van der Waals surface area contributed by atoms with Crippen molar-refractivity contribution in [1.29, 1.82) is 0 Å². The van der Waals surface area contributed by atoms with E-state index in [4.69, 9.17) is 15.7 Å². The monoisotopic (exact) mass is 594 g/mol. The van der Waals surface area contributed by atoms with Crippen molar-refractivity contribution in [2.24, 2.45) is 15.9 Å². The maximum absolute atomic E-state index is 12.2. The van der Waals surface area contributed by atoms with Gasteiger partial charge in [0, 0.05) is 37.0 Å². The summed E-state index contributed by atoms with van der Waals surface area (Å²) in [4.78, 5) is 9.41. The summed E-state index contributed by atoms with van der Waals surface area (Å²) in [5.74, 6) is 2.47. The summed E-state index contributed by atoms with van der Waals surface area (Å²) in [5.41, 5.74) is 7.79. The van der Waals surface area contributed by atoms with Crippen molar-refractivity contribution in [1.82, 2.24) is 5.32 Å². The number of allylic oxidation sites excluding steroid dienone is 4. The van der Waals surface area contributed by atoms with Gasteiger partial charge in [0.1, 0.15) is 11.6 Å². The summed E-state index contributed by atoms with van der Waals surface area (Å²) >= 11 is 1.74. The quantitative estimate of drug-likeness (QED) is 0.0446. The summed E-state index contributed by atoms with van der Waals surface area (Å²) in [6.45, 7) is 17.4. The molecular formula is C32H55FN4O3S. The lowest BCUT2D eigenvalue weighted by Gasteiger charge is -2.10. The van der Waals surface area contributed by atoms with Crippen molar-refractivity contribution in [3.63, 3.8) is 0 Å². The van der Waals surface area contributed by atoms with Gasteiger partial charge < -0.3 is 26.1 Å². The van der Waals surface area contributed by atoms with Gasteiger partial charge in [-0.15, -0.1) is 24.9 Å². The van der Waals surface area contributed by atoms with Gasteiger partial charge in [-0.05, 0) is 81.7 Å². The largest absolute Gasteiger partial charge is 0.396 e. The first-order valence-corrected chi connectivity index (χ1v) is 15.3. The minimum Gasteiger partial charge on any atom is -0.396 e. The second kappa shape index (κ2) is 33.6. The number of aliphatic hydroxyl groups is 2. The number of nitrogens with one attached hydrogen (secondary N) is 1. The molecule has 0 spiro atoms. The summed E-state index contributed by atoms with van der Waals surface area (Å²) in [7, 11) is 1.87. The highest BCUT2D eigenvalue weighted by Gasteiger charge is 2.04. The van der Waals surface area contributed by atoms with E-state index >= 15 is 0 Å². The number of nitrogens with two attached hydrogens (primary N) is 1. The Balaban J connectivity index is -0.000000654. The van der Waals surface area contributed by atoms with Crippen molar-refractivity contribution in [3.8, 4) is 0 Å². The Labute approximate surface area is 253 Å². The van der Waals surface area contributed by atoms with Gasteiger partial charge in [0.25, 0.3) is 0 Å². The van der Waals surface area contributed by atoms with Crippen LogP contribution in [0.5, 0.6) is 0 Å². The summed E-state index contributed by atoms with van der Waals surface area (Å²) in [6.07, 6.45) is 13.9. The Morgan fingerprint density at radius 2 is 1.95 bits per heavy atom. The van der Waals surface area contributed by atoms with Crippen molar-refractivity contribution < 1.29 is 19.4 Å². The van der Waals surface area contributed by atoms with Gasteiger partial charge in [-0.3, -0.25) is 4.99 Å². The van der Waals surface area contributed by atoms with E-state index in [2.05, 4.69) is 42.3 Å². The van der Waals surface area contributed by atoms with Crippen LogP contribution in [0.4, 0.5) is 10.1 Å². The number of hydrogen-bond acceptors (Lipinski definition) is 8. The normalized spacial score (nSPS) is 13.6. The predicted octanol–water partition coefficient (Wildman–Crippen LogP) is 7.38. The molecule has 0 fully saturated rings. The van der Waals surface area contributed by atoms with Crippen LogP contribution < -0.4 is 11.1 Å².